The predicted molar refractivity (Wildman–Crippen MR) is 83.3 cm³/mol. The summed E-state index contributed by atoms with van der Waals surface area (Å²) in [5.74, 6) is 0. The summed E-state index contributed by atoms with van der Waals surface area (Å²) < 4.78 is 5.86. The smallest absolute Gasteiger partial charge is 0.406 e. The average molecular weight is 264 g/mol. The van der Waals surface area contributed by atoms with Gasteiger partial charge in [0, 0.05) is 0 Å². The van der Waals surface area contributed by atoms with E-state index in [2.05, 4.69) is 41.6 Å². The fourth-order valence-corrected chi connectivity index (χ4v) is 2.25. The second-order valence-electron chi connectivity index (χ2n) is 4.84. The third-order valence-corrected chi connectivity index (χ3v) is 3.50. The van der Waals surface area contributed by atoms with Crippen LogP contribution in [0, 0.1) is 0 Å². The Kier molecular flexibility index (Phi) is 3.84. The number of rotatable bonds is 3. The van der Waals surface area contributed by atoms with E-state index in [1.807, 2.05) is 30.3 Å². The first-order chi connectivity index (χ1) is 9.86. The number of hydrazone groups is 1. The topological polar surface area (TPSA) is 33.6 Å². The van der Waals surface area contributed by atoms with Crippen molar-refractivity contribution in [3.63, 3.8) is 0 Å². The SMILES string of the molecule is CCc1ccc(B2NN=C(c3ccccc3)CO2)cc1. The molecule has 4 heteroatoms. The van der Waals surface area contributed by atoms with Gasteiger partial charge in [0.1, 0.15) is 0 Å². The van der Waals surface area contributed by atoms with Crippen molar-refractivity contribution in [3.05, 3.63) is 65.7 Å². The van der Waals surface area contributed by atoms with E-state index in [9.17, 15) is 0 Å². The van der Waals surface area contributed by atoms with Gasteiger partial charge >= 0.3 is 7.05 Å². The van der Waals surface area contributed by atoms with Crippen molar-refractivity contribution in [2.75, 3.05) is 6.61 Å². The second kappa shape index (κ2) is 5.93. The zero-order valence-corrected chi connectivity index (χ0v) is 11.5. The lowest BCUT2D eigenvalue weighted by molar-refractivity contribution is 0.369. The summed E-state index contributed by atoms with van der Waals surface area (Å²) in [5, 5.41) is 7.53. The van der Waals surface area contributed by atoms with Crippen molar-refractivity contribution < 1.29 is 4.65 Å². The molecule has 1 aliphatic heterocycles. The van der Waals surface area contributed by atoms with Gasteiger partial charge in [0.2, 0.25) is 0 Å². The molecule has 0 aromatic heterocycles. The molecule has 0 fully saturated rings. The number of hydrogen-bond donors (Lipinski definition) is 1. The van der Waals surface area contributed by atoms with Crippen LogP contribution in [0.2, 0.25) is 0 Å². The van der Waals surface area contributed by atoms with Gasteiger partial charge in [0.05, 0.1) is 12.3 Å². The van der Waals surface area contributed by atoms with Crippen molar-refractivity contribution in [3.8, 4) is 0 Å². The summed E-state index contributed by atoms with van der Waals surface area (Å²) in [5.41, 5.74) is 4.47. The number of nitrogens with one attached hydrogen (secondary N) is 1. The van der Waals surface area contributed by atoms with Crippen LogP contribution in [0.4, 0.5) is 0 Å². The Bertz CT molecular complexity index is 596. The Hall–Kier alpha value is -2.07. The molecule has 0 radical (unpaired) electrons. The monoisotopic (exact) mass is 264 g/mol. The van der Waals surface area contributed by atoms with E-state index < -0.39 is 0 Å². The highest BCUT2D eigenvalue weighted by molar-refractivity contribution is 6.65. The number of nitrogens with zero attached hydrogens (tertiary/aromatic N) is 1. The van der Waals surface area contributed by atoms with Crippen LogP contribution in [0.15, 0.2) is 59.7 Å². The molecule has 0 aliphatic carbocycles. The molecule has 0 unspecified atom stereocenters. The van der Waals surface area contributed by atoms with Crippen LogP contribution < -0.4 is 10.8 Å². The summed E-state index contributed by atoms with van der Waals surface area (Å²) in [7, 11) is -0.159. The number of hydrogen-bond acceptors (Lipinski definition) is 3. The molecule has 2 aromatic rings. The molecule has 0 saturated carbocycles. The van der Waals surface area contributed by atoms with Gasteiger partial charge in [0.25, 0.3) is 0 Å². The van der Waals surface area contributed by atoms with E-state index in [1.165, 1.54) is 5.56 Å². The van der Waals surface area contributed by atoms with Gasteiger partial charge in [-0.15, -0.1) is 0 Å². The molecule has 0 saturated heterocycles. The standard InChI is InChI=1S/C16H17BN2O/c1-2-13-8-10-15(11-9-13)17-19-18-16(12-20-17)14-6-4-3-5-7-14/h3-11,19H,2,12H2,1H3. The molecular weight excluding hydrogens is 247 g/mol. The molecule has 100 valence electrons. The molecule has 1 N–H and O–H groups in total. The lowest BCUT2D eigenvalue weighted by atomic mass is 9.74. The van der Waals surface area contributed by atoms with Crippen LogP contribution in [-0.2, 0) is 11.1 Å². The van der Waals surface area contributed by atoms with Crippen molar-refractivity contribution >= 4 is 18.2 Å². The molecule has 20 heavy (non-hydrogen) atoms. The Balaban J connectivity index is 1.72. The second-order valence-corrected chi connectivity index (χ2v) is 4.84. The van der Waals surface area contributed by atoms with Crippen LogP contribution in [0.5, 0.6) is 0 Å². The Morgan fingerprint density at radius 3 is 2.45 bits per heavy atom. The quantitative estimate of drug-likeness (QED) is 0.860. The first kappa shape index (κ1) is 12.9. The van der Waals surface area contributed by atoms with Gasteiger partial charge in [-0.25, -0.2) is 0 Å². The largest absolute Gasteiger partial charge is 0.466 e. The van der Waals surface area contributed by atoms with Crippen molar-refractivity contribution in [1.29, 1.82) is 0 Å². The molecule has 3 nitrogen and oxygen atoms in total. The maximum atomic E-state index is 5.86. The van der Waals surface area contributed by atoms with Crippen molar-refractivity contribution in [2.24, 2.45) is 5.10 Å². The van der Waals surface area contributed by atoms with E-state index in [1.54, 1.807) is 0 Å². The lowest BCUT2D eigenvalue weighted by Gasteiger charge is -2.20. The van der Waals surface area contributed by atoms with Crippen LogP contribution in [-0.4, -0.2) is 19.4 Å². The molecule has 0 amide bonds. The molecule has 0 bridgehead atoms. The van der Waals surface area contributed by atoms with Crippen LogP contribution in [0.3, 0.4) is 0 Å². The summed E-state index contributed by atoms with van der Waals surface area (Å²) in [4.78, 5) is 0. The highest BCUT2D eigenvalue weighted by atomic mass is 16.4. The van der Waals surface area contributed by atoms with E-state index in [0.29, 0.717) is 6.61 Å². The normalized spacial score (nSPS) is 14.7. The Morgan fingerprint density at radius 1 is 1.10 bits per heavy atom. The van der Waals surface area contributed by atoms with E-state index >= 15 is 0 Å². The zero-order valence-electron chi connectivity index (χ0n) is 11.5. The van der Waals surface area contributed by atoms with Gasteiger partial charge in [-0.05, 0) is 23.0 Å². The Morgan fingerprint density at radius 2 is 1.85 bits per heavy atom. The average Bonchev–Trinajstić information content (AvgIpc) is 2.56. The molecule has 2 aromatic carbocycles. The highest BCUT2D eigenvalue weighted by Crippen LogP contribution is 2.06. The maximum absolute atomic E-state index is 5.86. The van der Waals surface area contributed by atoms with Gasteiger partial charge in [0.15, 0.2) is 0 Å². The highest BCUT2D eigenvalue weighted by Gasteiger charge is 2.24. The molecule has 3 rings (SSSR count). The van der Waals surface area contributed by atoms with Crippen LogP contribution in [0.25, 0.3) is 0 Å². The van der Waals surface area contributed by atoms with E-state index in [-0.39, 0.29) is 7.05 Å². The molecule has 1 aliphatic rings. The lowest BCUT2D eigenvalue weighted by Crippen LogP contribution is -2.49. The zero-order chi connectivity index (χ0) is 13.8. The Labute approximate surface area is 119 Å². The summed E-state index contributed by atoms with van der Waals surface area (Å²) in [6.45, 7) is 2.68. The molecule has 1 heterocycles. The molecule has 0 atom stereocenters. The summed E-state index contributed by atoms with van der Waals surface area (Å²) in [6, 6.07) is 18.6. The van der Waals surface area contributed by atoms with Gasteiger partial charge in [-0.1, -0.05) is 61.5 Å². The predicted octanol–water partition coefficient (Wildman–Crippen LogP) is 1.97. The van der Waals surface area contributed by atoms with Crippen molar-refractivity contribution in [1.82, 2.24) is 5.34 Å². The fourth-order valence-electron chi connectivity index (χ4n) is 2.25. The van der Waals surface area contributed by atoms with Gasteiger partial charge < -0.3 is 9.99 Å². The summed E-state index contributed by atoms with van der Waals surface area (Å²) in [6.07, 6.45) is 1.05. The third-order valence-electron chi connectivity index (χ3n) is 3.50. The third kappa shape index (κ3) is 2.75. The van der Waals surface area contributed by atoms with Crippen LogP contribution in [0.1, 0.15) is 18.1 Å². The number of benzene rings is 2. The van der Waals surface area contributed by atoms with Crippen LogP contribution >= 0.6 is 0 Å². The first-order valence-electron chi connectivity index (χ1n) is 6.95. The minimum Gasteiger partial charge on any atom is -0.406 e. The number of aryl methyl sites for hydroxylation is 1. The minimum absolute atomic E-state index is 0.159. The van der Waals surface area contributed by atoms with E-state index in [4.69, 9.17) is 4.65 Å². The fraction of sp³-hybridized carbons (Fsp3) is 0.188. The van der Waals surface area contributed by atoms with Gasteiger partial charge in [-0.3, -0.25) is 0 Å². The maximum Gasteiger partial charge on any atom is 0.466 e. The van der Waals surface area contributed by atoms with Gasteiger partial charge in [-0.2, -0.15) is 5.10 Å². The molecular formula is C16H17BN2O. The summed E-state index contributed by atoms with van der Waals surface area (Å²) >= 11 is 0. The molecule has 0 spiro atoms. The van der Waals surface area contributed by atoms with Crippen molar-refractivity contribution in [2.45, 2.75) is 13.3 Å². The first-order valence-corrected chi connectivity index (χ1v) is 6.95. The minimum atomic E-state index is -0.159. The van der Waals surface area contributed by atoms with E-state index in [0.717, 1.165) is 23.2 Å².